The van der Waals surface area contributed by atoms with E-state index < -0.39 is 0 Å². The van der Waals surface area contributed by atoms with E-state index in [1.54, 1.807) is 31.6 Å². The Morgan fingerprint density at radius 1 is 1.41 bits per heavy atom. The van der Waals surface area contributed by atoms with Gasteiger partial charge in [-0.2, -0.15) is 0 Å². The predicted molar refractivity (Wildman–Crippen MR) is 110 cm³/mol. The van der Waals surface area contributed by atoms with Crippen molar-refractivity contribution in [1.29, 1.82) is 0 Å². The van der Waals surface area contributed by atoms with Crippen molar-refractivity contribution in [2.75, 3.05) is 18.4 Å². The molecule has 1 aliphatic heterocycles. The second-order valence-electron chi connectivity index (χ2n) is 7.56. The molecule has 1 aliphatic rings. The second kappa shape index (κ2) is 7.81. The second-order valence-corrected chi connectivity index (χ2v) is 7.56. The third-order valence-corrected chi connectivity index (χ3v) is 5.14. The molecule has 0 saturated carbocycles. The van der Waals surface area contributed by atoms with E-state index in [1.807, 2.05) is 6.07 Å². The summed E-state index contributed by atoms with van der Waals surface area (Å²) in [6, 6.07) is 5.36. The molecule has 152 valence electrons. The molecule has 8 nitrogen and oxygen atoms in total. The van der Waals surface area contributed by atoms with Crippen LogP contribution in [0.4, 0.5) is 5.82 Å². The van der Waals surface area contributed by atoms with Crippen LogP contribution in [-0.2, 0) is 18.4 Å². The van der Waals surface area contributed by atoms with Crippen LogP contribution in [-0.4, -0.2) is 44.7 Å². The Morgan fingerprint density at radius 3 is 3.00 bits per heavy atom. The van der Waals surface area contributed by atoms with Crippen molar-refractivity contribution in [3.63, 3.8) is 0 Å². The first-order chi connectivity index (χ1) is 13.9. The maximum Gasteiger partial charge on any atom is 0.261 e. The minimum absolute atomic E-state index is 0.131. The van der Waals surface area contributed by atoms with E-state index in [-0.39, 0.29) is 17.6 Å². The van der Waals surface area contributed by atoms with E-state index in [1.165, 1.54) is 11.5 Å². The Labute approximate surface area is 167 Å². The van der Waals surface area contributed by atoms with Gasteiger partial charge >= 0.3 is 0 Å². The molecule has 29 heavy (non-hydrogen) atoms. The number of furan rings is 1. The highest BCUT2D eigenvalue weighted by Gasteiger charge is 2.21. The van der Waals surface area contributed by atoms with Gasteiger partial charge < -0.3 is 19.4 Å². The maximum atomic E-state index is 12.7. The van der Waals surface area contributed by atoms with Crippen LogP contribution in [0, 0.1) is 0 Å². The number of piperidine rings is 1. The zero-order valence-electron chi connectivity index (χ0n) is 16.5. The number of pyridine rings is 2. The Bertz CT molecular complexity index is 1120. The van der Waals surface area contributed by atoms with E-state index >= 15 is 0 Å². The summed E-state index contributed by atoms with van der Waals surface area (Å²) in [5.41, 5.74) is 1.92. The topological polar surface area (TPSA) is 101 Å². The average molecular weight is 396 g/mol. The first-order valence-electron chi connectivity index (χ1n) is 9.67. The van der Waals surface area contributed by atoms with Gasteiger partial charge in [0.1, 0.15) is 17.2 Å². The lowest BCUT2D eigenvalue weighted by molar-refractivity contribution is -0.114. The molecule has 1 amide bonds. The van der Waals surface area contributed by atoms with Crippen molar-refractivity contribution in [2.24, 2.45) is 7.05 Å². The van der Waals surface area contributed by atoms with Gasteiger partial charge in [0, 0.05) is 38.5 Å². The number of hydrogen-bond acceptors (Lipinski definition) is 6. The molecular weight excluding hydrogens is 372 g/mol. The van der Waals surface area contributed by atoms with Crippen molar-refractivity contribution >= 4 is 22.7 Å². The van der Waals surface area contributed by atoms with Crippen molar-refractivity contribution in [1.82, 2.24) is 14.5 Å². The van der Waals surface area contributed by atoms with Gasteiger partial charge in [0.15, 0.2) is 0 Å². The molecule has 0 bridgehead atoms. The number of aliphatic hydroxyl groups is 1. The number of fused-ring (bicyclic) bond motifs is 1. The third kappa shape index (κ3) is 4.08. The summed E-state index contributed by atoms with van der Waals surface area (Å²) >= 11 is 0. The molecule has 4 rings (SSSR count). The van der Waals surface area contributed by atoms with Crippen molar-refractivity contribution in [3.05, 3.63) is 46.7 Å². The normalized spacial score (nSPS) is 17.6. The summed E-state index contributed by atoms with van der Waals surface area (Å²) in [5.74, 6) is 0.921. The van der Waals surface area contributed by atoms with E-state index in [0.29, 0.717) is 35.6 Å². The number of likely N-dealkylation sites (tertiary alicyclic amines) is 1. The van der Waals surface area contributed by atoms with Crippen LogP contribution in [0.15, 0.2) is 39.8 Å². The fourth-order valence-electron chi connectivity index (χ4n) is 3.83. The molecule has 0 aromatic carbocycles. The number of carbonyl (C=O) groups excluding carboxylic acids is 1. The molecule has 3 aromatic heterocycles. The lowest BCUT2D eigenvalue weighted by Gasteiger charge is -2.29. The van der Waals surface area contributed by atoms with Crippen molar-refractivity contribution in [3.8, 4) is 11.1 Å². The number of amides is 1. The third-order valence-electron chi connectivity index (χ3n) is 5.14. The van der Waals surface area contributed by atoms with Crippen LogP contribution in [0.1, 0.15) is 25.5 Å². The monoisotopic (exact) mass is 396 g/mol. The number of rotatable bonds is 4. The van der Waals surface area contributed by atoms with E-state index in [4.69, 9.17) is 4.42 Å². The van der Waals surface area contributed by atoms with Gasteiger partial charge in [-0.25, -0.2) is 4.98 Å². The number of β-amino-alcohol motifs (C(OH)–C–C–N with tert-alkyl or cyclic N) is 1. The molecule has 0 radical (unpaired) electrons. The number of aryl methyl sites for hydroxylation is 1. The number of nitrogens with zero attached hydrogens (tertiary/aromatic N) is 3. The highest BCUT2D eigenvalue weighted by molar-refractivity contribution is 5.93. The quantitative estimate of drug-likeness (QED) is 0.701. The highest BCUT2D eigenvalue weighted by atomic mass is 16.3. The van der Waals surface area contributed by atoms with Crippen LogP contribution < -0.4 is 10.9 Å². The van der Waals surface area contributed by atoms with Crippen LogP contribution in [0.3, 0.4) is 0 Å². The number of carbonyl (C=O) groups is 1. The first kappa shape index (κ1) is 19.4. The van der Waals surface area contributed by atoms with Crippen LogP contribution in [0.2, 0.25) is 0 Å². The molecule has 0 aliphatic carbocycles. The number of nitrogens with one attached hydrogen (secondary N) is 1. The molecule has 1 fully saturated rings. The standard InChI is InChI=1S/C21H24N4O4/c1-13(26)23-19-8-14(5-6-22-19)18-12-24(2)21(28)17-9-16(29-20(17)18)11-25-7-3-4-15(27)10-25/h5-6,8-9,12,15,27H,3-4,7,10-11H2,1-2H3,(H,22,23,26). The Hall–Kier alpha value is -2.97. The van der Waals surface area contributed by atoms with Crippen LogP contribution in [0.5, 0.6) is 0 Å². The zero-order valence-corrected chi connectivity index (χ0v) is 16.5. The van der Waals surface area contributed by atoms with Crippen molar-refractivity contribution in [2.45, 2.75) is 32.4 Å². The van der Waals surface area contributed by atoms with Gasteiger partial charge in [-0.05, 0) is 43.1 Å². The molecule has 8 heteroatoms. The van der Waals surface area contributed by atoms with Gasteiger partial charge in [0.05, 0.1) is 18.0 Å². The number of aromatic nitrogens is 2. The van der Waals surface area contributed by atoms with Crippen LogP contribution in [0.25, 0.3) is 22.1 Å². The van der Waals surface area contributed by atoms with Gasteiger partial charge in [-0.3, -0.25) is 14.5 Å². The SMILES string of the molecule is CC(=O)Nc1cc(-c2cn(C)c(=O)c3cc(CN4CCCC(O)C4)oc23)ccn1. The lowest BCUT2D eigenvalue weighted by Crippen LogP contribution is -2.37. The molecule has 1 unspecified atom stereocenters. The summed E-state index contributed by atoms with van der Waals surface area (Å²) in [5, 5.41) is 13.1. The minimum atomic E-state index is -0.319. The molecule has 4 heterocycles. The largest absolute Gasteiger partial charge is 0.459 e. The predicted octanol–water partition coefficient (Wildman–Crippen LogP) is 2.11. The average Bonchev–Trinajstić information content (AvgIpc) is 3.08. The van der Waals surface area contributed by atoms with Gasteiger partial charge in [-0.1, -0.05) is 0 Å². The molecule has 2 N–H and O–H groups in total. The van der Waals surface area contributed by atoms with E-state index in [0.717, 1.165) is 30.5 Å². The Balaban J connectivity index is 1.75. The summed E-state index contributed by atoms with van der Waals surface area (Å²) in [6.07, 6.45) is 4.78. The minimum Gasteiger partial charge on any atom is -0.459 e. The van der Waals surface area contributed by atoms with E-state index in [9.17, 15) is 14.7 Å². The smallest absolute Gasteiger partial charge is 0.261 e. The first-order valence-corrected chi connectivity index (χ1v) is 9.67. The summed E-state index contributed by atoms with van der Waals surface area (Å²) < 4.78 is 7.63. The maximum absolute atomic E-state index is 12.7. The molecule has 3 aromatic rings. The number of hydrogen-bond donors (Lipinski definition) is 2. The fourth-order valence-corrected chi connectivity index (χ4v) is 3.83. The van der Waals surface area contributed by atoms with Crippen molar-refractivity contribution < 1.29 is 14.3 Å². The fraction of sp³-hybridized carbons (Fsp3) is 0.381. The number of anilines is 1. The Kier molecular flexibility index (Phi) is 5.21. The van der Waals surface area contributed by atoms with Gasteiger partial charge in [0.2, 0.25) is 5.91 Å². The lowest BCUT2D eigenvalue weighted by atomic mass is 10.1. The van der Waals surface area contributed by atoms with E-state index in [2.05, 4.69) is 15.2 Å². The van der Waals surface area contributed by atoms with Crippen LogP contribution >= 0.6 is 0 Å². The molecule has 1 atom stereocenters. The summed E-state index contributed by atoms with van der Waals surface area (Å²) in [7, 11) is 1.70. The van der Waals surface area contributed by atoms with Gasteiger partial charge in [-0.15, -0.1) is 0 Å². The van der Waals surface area contributed by atoms with Gasteiger partial charge in [0.25, 0.3) is 5.56 Å². The summed E-state index contributed by atoms with van der Waals surface area (Å²) in [6.45, 7) is 3.46. The Morgan fingerprint density at radius 2 is 2.24 bits per heavy atom. The number of aliphatic hydroxyl groups excluding tert-OH is 1. The highest BCUT2D eigenvalue weighted by Crippen LogP contribution is 2.30. The summed E-state index contributed by atoms with van der Waals surface area (Å²) in [4.78, 5) is 30.3. The molecule has 0 spiro atoms. The molecule has 1 saturated heterocycles. The zero-order chi connectivity index (χ0) is 20.5. The molecular formula is C21H24N4O4.